The molecule has 0 spiro atoms. The molecule has 0 amide bonds. The Balaban J connectivity index is 1.42. The maximum atomic E-state index is 12.2. The topological polar surface area (TPSA) is 52.6 Å². The SMILES string of the molecule is CN1Cc2c(Cl)cc(Cl)cc2[C@H](c2ccc(Nc3c(N4CCCC4)c(=O)c3=O)cc2)C1. The van der Waals surface area contributed by atoms with Crippen molar-refractivity contribution in [3.05, 3.63) is 83.6 Å². The summed E-state index contributed by atoms with van der Waals surface area (Å²) in [5.41, 5.74) is 4.38. The number of fused-ring (bicyclic) bond motifs is 1. The Hall–Kier alpha value is -2.34. The molecule has 1 N–H and O–H groups in total. The van der Waals surface area contributed by atoms with Crippen LogP contribution in [0.4, 0.5) is 17.1 Å². The molecule has 3 aromatic carbocycles. The van der Waals surface area contributed by atoms with Gasteiger partial charge in [-0.1, -0.05) is 35.3 Å². The van der Waals surface area contributed by atoms with Gasteiger partial charge >= 0.3 is 0 Å². The largest absolute Gasteiger partial charge is 0.366 e. The first-order valence-electron chi connectivity index (χ1n) is 10.5. The lowest BCUT2D eigenvalue weighted by molar-refractivity contribution is 0.295. The summed E-state index contributed by atoms with van der Waals surface area (Å²) in [6, 6.07) is 11.9. The normalized spacial score (nSPS) is 19.1. The van der Waals surface area contributed by atoms with Crippen molar-refractivity contribution in [3.63, 3.8) is 0 Å². The van der Waals surface area contributed by atoms with Crippen LogP contribution in [0.2, 0.25) is 10.0 Å². The summed E-state index contributed by atoms with van der Waals surface area (Å²) in [6.45, 7) is 3.33. The lowest BCUT2D eigenvalue weighted by Crippen LogP contribution is -2.41. The second kappa shape index (κ2) is 7.97. The molecule has 0 bridgehead atoms. The summed E-state index contributed by atoms with van der Waals surface area (Å²) in [6.07, 6.45) is 2.11. The van der Waals surface area contributed by atoms with E-state index in [0.717, 1.165) is 61.4 Å². The summed E-state index contributed by atoms with van der Waals surface area (Å²) >= 11 is 12.8. The van der Waals surface area contributed by atoms with E-state index in [-0.39, 0.29) is 11.3 Å². The molecule has 0 radical (unpaired) electrons. The first-order chi connectivity index (χ1) is 14.9. The standard InChI is InChI=1S/C24H23Cl2N3O2/c1-28-12-18(17-10-15(25)11-20(26)19(17)13-28)14-4-6-16(7-5-14)27-21-22(24(31)23(21)30)29-8-2-3-9-29/h4-7,10-11,18,27H,2-3,8-9,12-13H2,1H3/t18-/m0/s1. The van der Waals surface area contributed by atoms with Crippen molar-refractivity contribution in [3.8, 4) is 0 Å². The lowest BCUT2D eigenvalue weighted by atomic mass is 9.84. The molecule has 31 heavy (non-hydrogen) atoms. The minimum Gasteiger partial charge on any atom is -0.366 e. The van der Waals surface area contributed by atoms with E-state index in [1.807, 2.05) is 23.1 Å². The molecular formula is C24H23Cl2N3O2. The van der Waals surface area contributed by atoms with Crippen LogP contribution < -0.4 is 21.1 Å². The summed E-state index contributed by atoms with van der Waals surface area (Å²) in [5, 5.41) is 4.52. The second-order valence-corrected chi connectivity index (χ2v) is 9.37. The number of likely N-dealkylation sites (N-methyl/N-ethyl adjacent to an activating group) is 1. The predicted molar refractivity (Wildman–Crippen MR) is 127 cm³/mol. The number of benzene rings is 2. The third-order valence-corrected chi connectivity index (χ3v) is 6.94. The average Bonchev–Trinajstić information content (AvgIpc) is 3.27. The van der Waals surface area contributed by atoms with Gasteiger partial charge in [0.25, 0.3) is 10.9 Å². The molecule has 160 valence electrons. The van der Waals surface area contributed by atoms with Crippen LogP contribution in [0.1, 0.15) is 35.4 Å². The van der Waals surface area contributed by atoms with Crippen molar-refractivity contribution in [1.82, 2.24) is 4.90 Å². The highest BCUT2D eigenvalue weighted by Gasteiger charge is 2.29. The van der Waals surface area contributed by atoms with Gasteiger partial charge in [-0.15, -0.1) is 0 Å². The van der Waals surface area contributed by atoms with Crippen molar-refractivity contribution >= 4 is 40.3 Å². The van der Waals surface area contributed by atoms with Gasteiger partial charge in [0.15, 0.2) is 0 Å². The highest BCUT2D eigenvalue weighted by atomic mass is 35.5. The van der Waals surface area contributed by atoms with Crippen molar-refractivity contribution in [2.24, 2.45) is 0 Å². The van der Waals surface area contributed by atoms with E-state index >= 15 is 0 Å². The number of anilines is 3. The third-order valence-electron chi connectivity index (χ3n) is 6.38. The molecule has 2 aliphatic rings. The Labute approximate surface area is 190 Å². The van der Waals surface area contributed by atoms with E-state index in [1.54, 1.807) is 6.07 Å². The van der Waals surface area contributed by atoms with Gasteiger partial charge in [0.2, 0.25) is 0 Å². The van der Waals surface area contributed by atoms with Gasteiger partial charge in [-0.2, -0.15) is 0 Å². The molecule has 0 aromatic heterocycles. The van der Waals surface area contributed by atoms with Crippen LogP contribution in [0.3, 0.4) is 0 Å². The Morgan fingerprint density at radius 1 is 1.00 bits per heavy atom. The van der Waals surface area contributed by atoms with E-state index in [0.29, 0.717) is 21.4 Å². The number of nitrogens with one attached hydrogen (secondary N) is 1. The number of nitrogens with zero attached hydrogens (tertiary/aromatic N) is 2. The summed E-state index contributed by atoms with van der Waals surface area (Å²) in [5.74, 6) is 0.158. The molecule has 0 aliphatic carbocycles. The van der Waals surface area contributed by atoms with Crippen LogP contribution >= 0.6 is 23.2 Å². The first kappa shape index (κ1) is 20.6. The molecule has 5 rings (SSSR count). The fraction of sp³-hybridized carbons (Fsp3) is 0.333. The predicted octanol–water partition coefficient (Wildman–Crippen LogP) is 4.51. The van der Waals surface area contributed by atoms with Crippen molar-refractivity contribution in [1.29, 1.82) is 0 Å². The van der Waals surface area contributed by atoms with E-state index in [1.165, 1.54) is 0 Å². The van der Waals surface area contributed by atoms with Crippen LogP contribution in [0.5, 0.6) is 0 Å². The highest BCUT2D eigenvalue weighted by molar-refractivity contribution is 6.35. The van der Waals surface area contributed by atoms with Gasteiger partial charge in [0.05, 0.1) is 0 Å². The van der Waals surface area contributed by atoms with Crippen molar-refractivity contribution in [2.75, 3.05) is 36.9 Å². The molecule has 2 aliphatic heterocycles. The maximum Gasteiger partial charge on any atom is 0.253 e. The molecule has 1 fully saturated rings. The van der Waals surface area contributed by atoms with Crippen LogP contribution in [-0.4, -0.2) is 31.6 Å². The van der Waals surface area contributed by atoms with E-state index in [2.05, 4.69) is 29.4 Å². The molecule has 7 heteroatoms. The van der Waals surface area contributed by atoms with E-state index in [9.17, 15) is 9.59 Å². The van der Waals surface area contributed by atoms with Crippen LogP contribution in [0, 0.1) is 0 Å². The van der Waals surface area contributed by atoms with Gasteiger partial charge < -0.3 is 15.1 Å². The molecular weight excluding hydrogens is 433 g/mol. The first-order valence-corrected chi connectivity index (χ1v) is 11.3. The molecule has 2 heterocycles. The fourth-order valence-electron chi connectivity index (χ4n) is 4.81. The Kier molecular flexibility index (Phi) is 5.29. The van der Waals surface area contributed by atoms with Crippen LogP contribution in [-0.2, 0) is 6.54 Å². The minimum absolute atomic E-state index is 0.158. The van der Waals surface area contributed by atoms with E-state index in [4.69, 9.17) is 23.2 Å². The fourth-order valence-corrected chi connectivity index (χ4v) is 5.38. The second-order valence-electron chi connectivity index (χ2n) is 8.53. The van der Waals surface area contributed by atoms with Gasteiger partial charge in [0, 0.05) is 47.8 Å². The number of halogens is 2. The third kappa shape index (κ3) is 3.65. The smallest absolute Gasteiger partial charge is 0.253 e. The van der Waals surface area contributed by atoms with Crippen LogP contribution in [0.15, 0.2) is 46.0 Å². The molecule has 1 saturated heterocycles. The highest BCUT2D eigenvalue weighted by Crippen LogP contribution is 2.39. The molecule has 5 nitrogen and oxygen atoms in total. The molecule has 1 atom stereocenters. The maximum absolute atomic E-state index is 12.2. The molecule has 0 unspecified atom stereocenters. The van der Waals surface area contributed by atoms with Gasteiger partial charge in [-0.3, -0.25) is 9.59 Å². The molecule has 0 saturated carbocycles. The quantitative estimate of drug-likeness (QED) is 0.586. The average molecular weight is 456 g/mol. The van der Waals surface area contributed by atoms with E-state index < -0.39 is 5.43 Å². The zero-order chi connectivity index (χ0) is 21.7. The van der Waals surface area contributed by atoms with Crippen molar-refractivity contribution in [2.45, 2.75) is 25.3 Å². The van der Waals surface area contributed by atoms with Crippen LogP contribution in [0.25, 0.3) is 0 Å². The number of hydrogen-bond donors (Lipinski definition) is 1. The summed E-state index contributed by atoms with van der Waals surface area (Å²) < 4.78 is 0. The summed E-state index contributed by atoms with van der Waals surface area (Å²) in [7, 11) is 2.09. The Morgan fingerprint density at radius 2 is 1.71 bits per heavy atom. The van der Waals surface area contributed by atoms with Crippen molar-refractivity contribution < 1.29 is 0 Å². The zero-order valence-corrected chi connectivity index (χ0v) is 18.8. The Morgan fingerprint density at radius 3 is 2.42 bits per heavy atom. The zero-order valence-electron chi connectivity index (χ0n) is 17.3. The monoisotopic (exact) mass is 455 g/mol. The minimum atomic E-state index is -0.432. The summed E-state index contributed by atoms with van der Waals surface area (Å²) in [4.78, 5) is 28.5. The van der Waals surface area contributed by atoms with Gasteiger partial charge in [-0.25, -0.2) is 0 Å². The number of hydrogen-bond acceptors (Lipinski definition) is 5. The number of rotatable bonds is 4. The lowest BCUT2D eigenvalue weighted by Gasteiger charge is -2.33. The molecule has 3 aromatic rings. The van der Waals surface area contributed by atoms with Gasteiger partial charge in [-0.05, 0) is 60.8 Å². The Bertz CT molecular complexity index is 1210. The van der Waals surface area contributed by atoms with Gasteiger partial charge in [0.1, 0.15) is 11.4 Å².